The molecule has 0 radical (unpaired) electrons. The van der Waals surface area contributed by atoms with Gasteiger partial charge in [-0.15, -0.1) is 12.4 Å². The number of carboxylic acid groups (broad SMARTS) is 1. The van der Waals surface area contributed by atoms with Gasteiger partial charge in [0.2, 0.25) is 0 Å². The SMILES string of the molecule is Cl.O=C(O)[C@@H]1C[C@@H](Cc2ccc(Cl)c(Cl)c2)CN1. The van der Waals surface area contributed by atoms with E-state index in [0.717, 1.165) is 18.5 Å². The van der Waals surface area contributed by atoms with Crippen LogP contribution in [0.5, 0.6) is 0 Å². The lowest BCUT2D eigenvalue weighted by atomic mass is 9.97. The van der Waals surface area contributed by atoms with Gasteiger partial charge >= 0.3 is 5.97 Å². The van der Waals surface area contributed by atoms with Crippen LogP contribution in [-0.4, -0.2) is 23.7 Å². The molecule has 18 heavy (non-hydrogen) atoms. The van der Waals surface area contributed by atoms with Gasteiger partial charge in [0.15, 0.2) is 0 Å². The molecule has 1 aliphatic heterocycles. The lowest BCUT2D eigenvalue weighted by Gasteiger charge is -2.09. The summed E-state index contributed by atoms with van der Waals surface area (Å²) in [7, 11) is 0. The zero-order valence-electron chi connectivity index (χ0n) is 9.53. The molecular weight excluding hydrogens is 296 g/mol. The van der Waals surface area contributed by atoms with E-state index in [1.165, 1.54) is 0 Å². The number of rotatable bonds is 3. The molecular formula is C12H14Cl3NO2. The van der Waals surface area contributed by atoms with Crippen molar-refractivity contribution in [2.24, 2.45) is 5.92 Å². The van der Waals surface area contributed by atoms with E-state index >= 15 is 0 Å². The third-order valence-electron chi connectivity index (χ3n) is 3.03. The topological polar surface area (TPSA) is 49.3 Å². The minimum atomic E-state index is -0.776. The molecule has 2 rings (SSSR count). The van der Waals surface area contributed by atoms with Gasteiger partial charge < -0.3 is 10.4 Å². The predicted molar refractivity (Wildman–Crippen MR) is 74.9 cm³/mol. The fourth-order valence-electron chi connectivity index (χ4n) is 2.15. The van der Waals surface area contributed by atoms with Crippen LogP contribution < -0.4 is 5.32 Å². The van der Waals surface area contributed by atoms with Crippen LogP contribution >= 0.6 is 35.6 Å². The number of nitrogens with one attached hydrogen (secondary N) is 1. The highest BCUT2D eigenvalue weighted by Crippen LogP contribution is 2.25. The van der Waals surface area contributed by atoms with Crippen LogP contribution in [0.3, 0.4) is 0 Å². The fourth-order valence-corrected chi connectivity index (χ4v) is 2.47. The number of halogens is 3. The number of carboxylic acids is 1. The van der Waals surface area contributed by atoms with E-state index in [4.69, 9.17) is 28.3 Å². The van der Waals surface area contributed by atoms with Gasteiger partial charge in [0.1, 0.15) is 6.04 Å². The van der Waals surface area contributed by atoms with Gasteiger partial charge in [-0.2, -0.15) is 0 Å². The quantitative estimate of drug-likeness (QED) is 0.902. The summed E-state index contributed by atoms with van der Waals surface area (Å²) in [4.78, 5) is 10.8. The smallest absolute Gasteiger partial charge is 0.320 e. The lowest BCUT2D eigenvalue weighted by Crippen LogP contribution is -2.29. The summed E-state index contributed by atoms with van der Waals surface area (Å²) in [6.07, 6.45) is 1.49. The summed E-state index contributed by atoms with van der Waals surface area (Å²) >= 11 is 11.8. The van der Waals surface area contributed by atoms with Crippen LogP contribution in [0.2, 0.25) is 10.0 Å². The molecule has 1 fully saturated rings. The molecule has 1 aliphatic rings. The first kappa shape index (κ1) is 15.6. The Morgan fingerprint density at radius 1 is 1.39 bits per heavy atom. The second-order valence-electron chi connectivity index (χ2n) is 4.35. The largest absolute Gasteiger partial charge is 0.480 e. The Bertz CT molecular complexity index is 439. The molecule has 1 aromatic carbocycles. The highest BCUT2D eigenvalue weighted by Gasteiger charge is 2.28. The summed E-state index contributed by atoms with van der Waals surface area (Å²) in [5.74, 6) is -0.435. The van der Waals surface area contributed by atoms with Gasteiger partial charge in [0.25, 0.3) is 0 Å². The Kier molecular flexibility index (Phi) is 5.73. The predicted octanol–water partition coefficient (Wildman–Crippen LogP) is 3.02. The van der Waals surface area contributed by atoms with E-state index in [1.807, 2.05) is 12.1 Å². The highest BCUT2D eigenvalue weighted by atomic mass is 35.5. The van der Waals surface area contributed by atoms with Crippen molar-refractivity contribution in [3.63, 3.8) is 0 Å². The lowest BCUT2D eigenvalue weighted by molar-refractivity contribution is -0.139. The standard InChI is InChI=1S/C12H13Cl2NO2.ClH/c13-9-2-1-7(4-10(9)14)3-8-5-11(12(16)17)15-6-8;/h1-2,4,8,11,15H,3,5-6H2,(H,16,17);1H/t8-,11+;/m1./s1. The molecule has 1 aromatic rings. The molecule has 0 bridgehead atoms. The Hall–Kier alpha value is -0.480. The zero-order chi connectivity index (χ0) is 12.4. The monoisotopic (exact) mass is 309 g/mol. The Morgan fingerprint density at radius 2 is 2.11 bits per heavy atom. The maximum absolute atomic E-state index is 10.8. The first-order valence-electron chi connectivity index (χ1n) is 5.46. The van der Waals surface area contributed by atoms with E-state index in [2.05, 4.69) is 5.32 Å². The average Bonchev–Trinajstić information content (AvgIpc) is 2.72. The average molecular weight is 311 g/mol. The molecule has 0 unspecified atom stereocenters. The van der Waals surface area contributed by atoms with Crippen LogP contribution in [0.15, 0.2) is 18.2 Å². The molecule has 2 N–H and O–H groups in total. The molecule has 0 saturated carbocycles. The van der Waals surface area contributed by atoms with Crippen LogP contribution in [0, 0.1) is 5.92 Å². The van der Waals surface area contributed by atoms with E-state index in [1.54, 1.807) is 6.07 Å². The maximum atomic E-state index is 10.8. The van der Waals surface area contributed by atoms with Crippen LogP contribution in [0.25, 0.3) is 0 Å². The van der Waals surface area contributed by atoms with Crippen molar-refractivity contribution in [1.82, 2.24) is 5.32 Å². The van der Waals surface area contributed by atoms with E-state index in [-0.39, 0.29) is 12.4 Å². The van der Waals surface area contributed by atoms with Crippen LogP contribution in [0.4, 0.5) is 0 Å². The van der Waals surface area contributed by atoms with Crippen LogP contribution in [-0.2, 0) is 11.2 Å². The molecule has 100 valence electrons. The number of benzene rings is 1. The first-order valence-corrected chi connectivity index (χ1v) is 6.22. The van der Waals surface area contributed by atoms with Crippen molar-refractivity contribution in [2.75, 3.05) is 6.54 Å². The molecule has 1 saturated heterocycles. The van der Waals surface area contributed by atoms with Crippen LogP contribution in [0.1, 0.15) is 12.0 Å². The molecule has 1 heterocycles. The van der Waals surface area contributed by atoms with Crippen molar-refractivity contribution in [3.8, 4) is 0 Å². The minimum absolute atomic E-state index is 0. The van der Waals surface area contributed by atoms with E-state index < -0.39 is 12.0 Å². The van der Waals surface area contributed by atoms with Gasteiger partial charge in [0, 0.05) is 0 Å². The first-order chi connectivity index (χ1) is 8.06. The Labute approximate surface area is 122 Å². The summed E-state index contributed by atoms with van der Waals surface area (Å²) in [6.45, 7) is 0.733. The number of aliphatic carboxylic acids is 1. The molecule has 0 aliphatic carbocycles. The van der Waals surface area contributed by atoms with Gasteiger partial charge in [-0.25, -0.2) is 0 Å². The highest BCUT2D eigenvalue weighted by molar-refractivity contribution is 6.42. The third kappa shape index (κ3) is 3.75. The van der Waals surface area contributed by atoms with Gasteiger partial charge in [0.05, 0.1) is 10.0 Å². The summed E-state index contributed by atoms with van der Waals surface area (Å²) < 4.78 is 0. The van der Waals surface area contributed by atoms with Crippen molar-refractivity contribution in [1.29, 1.82) is 0 Å². The number of hydrogen-bond acceptors (Lipinski definition) is 2. The maximum Gasteiger partial charge on any atom is 0.320 e. The molecule has 0 spiro atoms. The van der Waals surface area contributed by atoms with Gasteiger partial charge in [-0.1, -0.05) is 29.3 Å². The summed E-state index contributed by atoms with van der Waals surface area (Å²) in [5, 5.41) is 13.0. The van der Waals surface area contributed by atoms with Crippen molar-refractivity contribution in [3.05, 3.63) is 33.8 Å². The van der Waals surface area contributed by atoms with Crippen molar-refractivity contribution >= 4 is 41.6 Å². The van der Waals surface area contributed by atoms with Gasteiger partial charge in [-0.05, 0) is 43.0 Å². The summed E-state index contributed by atoms with van der Waals surface area (Å²) in [6, 6.07) is 5.14. The minimum Gasteiger partial charge on any atom is -0.480 e. The van der Waals surface area contributed by atoms with Crippen molar-refractivity contribution < 1.29 is 9.90 Å². The second-order valence-corrected chi connectivity index (χ2v) is 5.17. The Morgan fingerprint density at radius 3 is 2.67 bits per heavy atom. The van der Waals surface area contributed by atoms with E-state index in [9.17, 15) is 4.79 Å². The number of carbonyl (C=O) groups is 1. The molecule has 0 aromatic heterocycles. The second kappa shape index (κ2) is 6.62. The zero-order valence-corrected chi connectivity index (χ0v) is 11.9. The van der Waals surface area contributed by atoms with Gasteiger partial charge in [-0.3, -0.25) is 4.79 Å². The molecule has 0 amide bonds. The summed E-state index contributed by atoms with van der Waals surface area (Å²) in [5.41, 5.74) is 1.09. The van der Waals surface area contributed by atoms with Crippen molar-refractivity contribution in [2.45, 2.75) is 18.9 Å². The normalized spacial score (nSPS) is 22.6. The van der Waals surface area contributed by atoms with E-state index in [0.29, 0.717) is 22.4 Å². The molecule has 2 atom stereocenters. The third-order valence-corrected chi connectivity index (χ3v) is 3.77. The number of hydrogen-bond donors (Lipinski definition) is 2. The molecule has 3 nitrogen and oxygen atoms in total. The molecule has 6 heteroatoms. The Balaban J connectivity index is 0.00000162. The fraction of sp³-hybridized carbons (Fsp3) is 0.417.